The Balaban J connectivity index is 2.05. The Morgan fingerprint density at radius 3 is 2.20 bits per heavy atom. The van der Waals surface area contributed by atoms with E-state index >= 15 is 0 Å². The van der Waals surface area contributed by atoms with Crippen LogP contribution in [0.3, 0.4) is 0 Å². The molecule has 0 spiro atoms. The standard InChI is InChI=1S/C30H36IN3O5S/c1-22(2)19-32-30(36)28(18-23-9-6-5-7-10-23)33(20-24-11-8-12-27(17-24)39-3)29(35)21-34(40(4,37)38)26-15-13-25(31)14-16-26/h5-17,22,28H,18-21H2,1-4H3,(H,32,36). The van der Waals surface area contributed by atoms with Gasteiger partial charge < -0.3 is 15.0 Å². The van der Waals surface area contributed by atoms with Gasteiger partial charge in [0.25, 0.3) is 0 Å². The van der Waals surface area contributed by atoms with Crippen LogP contribution in [0.1, 0.15) is 25.0 Å². The summed E-state index contributed by atoms with van der Waals surface area (Å²) >= 11 is 2.14. The number of halogens is 1. The molecule has 10 heteroatoms. The highest BCUT2D eigenvalue weighted by Crippen LogP contribution is 2.22. The molecule has 1 N–H and O–H groups in total. The van der Waals surface area contributed by atoms with Crippen LogP contribution in [0.5, 0.6) is 5.75 Å². The molecule has 3 rings (SSSR count). The van der Waals surface area contributed by atoms with E-state index in [4.69, 9.17) is 4.74 Å². The first-order valence-corrected chi connectivity index (χ1v) is 15.9. The summed E-state index contributed by atoms with van der Waals surface area (Å²) in [6.07, 6.45) is 1.34. The van der Waals surface area contributed by atoms with E-state index in [1.807, 2.05) is 56.3 Å². The Bertz CT molecular complexity index is 1380. The lowest BCUT2D eigenvalue weighted by molar-refractivity contribution is -0.140. The molecule has 0 fully saturated rings. The van der Waals surface area contributed by atoms with Crippen molar-refractivity contribution in [1.82, 2.24) is 10.2 Å². The molecule has 0 aliphatic heterocycles. The predicted octanol–water partition coefficient (Wildman–Crippen LogP) is 4.48. The number of sulfonamides is 1. The molecule has 0 aromatic heterocycles. The number of methoxy groups -OCH3 is 1. The number of hydrogen-bond donors (Lipinski definition) is 1. The summed E-state index contributed by atoms with van der Waals surface area (Å²) in [5, 5.41) is 2.98. The maximum absolute atomic E-state index is 14.1. The molecule has 3 aromatic carbocycles. The molecular formula is C30H36IN3O5S. The van der Waals surface area contributed by atoms with E-state index in [1.54, 1.807) is 43.5 Å². The smallest absolute Gasteiger partial charge is 0.244 e. The van der Waals surface area contributed by atoms with Gasteiger partial charge in [-0.3, -0.25) is 13.9 Å². The molecule has 0 saturated carbocycles. The monoisotopic (exact) mass is 677 g/mol. The molecule has 214 valence electrons. The van der Waals surface area contributed by atoms with E-state index < -0.39 is 28.5 Å². The van der Waals surface area contributed by atoms with E-state index in [0.717, 1.165) is 25.3 Å². The minimum Gasteiger partial charge on any atom is -0.497 e. The largest absolute Gasteiger partial charge is 0.497 e. The predicted molar refractivity (Wildman–Crippen MR) is 167 cm³/mol. The molecule has 0 radical (unpaired) electrons. The van der Waals surface area contributed by atoms with Gasteiger partial charge in [0.15, 0.2) is 0 Å². The first-order chi connectivity index (χ1) is 19.0. The Hall–Kier alpha value is -3.12. The lowest BCUT2D eigenvalue weighted by Crippen LogP contribution is -2.53. The molecule has 0 heterocycles. The number of benzene rings is 3. The second kappa shape index (κ2) is 14.5. The van der Waals surface area contributed by atoms with Crippen molar-refractivity contribution in [2.75, 3.05) is 30.8 Å². The van der Waals surface area contributed by atoms with Crippen LogP contribution in [0, 0.1) is 9.49 Å². The minimum atomic E-state index is -3.81. The van der Waals surface area contributed by atoms with Crippen LogP contribution < -0.4 is 14.4 Å². The number of carbonyl (C=O) groups excluding carboxylic acids is 2. The number of anilines is 1. The van der Waals surface area contributed by atoms with Gasteiger partial charge in [0, 0.05) is 23.1 Å². The Morgan fingerprint density at radius 1 is 0.950 bits per heavy atom. The summed E-state index contributed by atoms with van der Waals surface area (Å²) in [4.78, 5) is 29.2. The average molecular weight is 678 g/mol. The van der Waals surface area contributed by atoms with E-state index in [2.05, 4.69) is 27.9 Å². The number of amides is 2. The molecule has 0 aliphatic rings. The zero-order valence-electron chi connectivity index (χ0n) is 23.2. The van der Waals surface area contributed by atoms with Gasteiger partial charge in [-0.1, -0.05) is 56.3 Å². The molecular weight excluding hydrogens is 641 g/mol. The highest BCUT2D eigenvalue weighted by atomic mass is 127. The minimum absolute atomic E-state index is 0.0902. The van der Waals surface area contributed by atoms with Gasteiger partial charge in [0.05, 0.1) is 19.1 Å². The molecule has 1 unspecified atom stereocenters. The third-order valence-corrected chi connectivity index (χ3v) is 8.10. The van der Waals surface area contributed by atoms with Crippen molar-refractivity contribution >= 4 is 50.1 Å². The fourth-order valence-corrected chi connectivity index (χ4v) is 5.37. The zero-order valence-corrected chi connectivity index (χ0v) is 26.2. The van der Waals surface area contributed by atoms with Crippen LogP contribution in [-0.2, 0) is 32.6 Å². The van der Waals surface area contributed by atoms with Crippen molar-refractivity contribution in [3.8, 4) is 5.75 Å². The van der Waals surface area contributed by atoms with E-state index in [9.17, 15) is 18.0 Å². The SMILES string of the molecule is COc1cccc(CN(C(=O)CN(c2ccc(I)cc2)S(C)(=O)=O)C(Cc2ccccc2)C(=O)NCC(C)C)c1. The summed E-state index contributed by atoms with van der Waals surface area (Å²) in [7, 11) is -2.25. The Morgan fingerprint density at radius 2 is 1.60 bits per heavy atom. The van der Waals surface area contributed by atoms with Crippen molar-refractivity contribution in [3.63, 3.8) is 0 Å². The summed E-state index contributed by atoms with van der Waals surface area (Å²) in [5.74, 6) is 0.0391. The van der Waals surface area contributed by atoms with Crippen molar-refractivity contribution < 1.29 is 22.7 Å². The van der Waals surface area contributed by atoms with Gasteiger partial charge in [-0.05, 0) is 76.0 Å². The van der Waals surface area contributed by atoms with Gasteiger partial charge in [-0.15, -0.1) is 0 Å². The summed E-state index contributed by atoms with van der Waals surface area (Å²) in [5.41, 5.74) is 2.01. The highest BCUT2D eigenvalue weighted by Gasteiger charge is 2.33. The van der Waals surface area contributed by atoms with E-state index in [1.165, 1.54) is 4.90 Å². The fraction of sp³-hybridized carbons (Fsp3) is 0.333. The van der Waals surface area contributed by atoms with Crippen LogP contribution in [0.25, 0.3) is 0 Å². The second-order valence-electron chi connectivity index (χ2n) is 9.96. The quantitative estimate of drug-likeness (QED) is 0.270. The van der Waals surface area contributed by atoms with E-state index in [-0.39, 0.29) is 24.8 Å². The van der Waals surface area contributed by atoms with Gasteiger partial charge >= 0.3 is 0 Å². The lowest BCUT2D eigenvalue weighted by atomic mass is 10.0. The van der Waals surface area contributed by atoms with Crippen LogP contribution in [0.15, 0.2) is 78.9 Å². The number of ether oxygens (including phenoxy) is 1. The molecule has 2 amide bonds. The maximum atomic E-state index is 14.1. The highest BCUT2D eigenvalue weighted by molar-refractivity contribution is 14.1. The Labute approximate surface area is 250 Å². The van der Waals surface area contributed by atoms with Crippen LogP contribution in [0.2, 0.25) is 0 Å². The lowest BCUT2D eigenvalue weighted by Gasteiger charge is -2.33. The van der Waals surface area contributed by atoms with Crippen molar-refractivity contribution in [3.05, 3.63) is 93.6 Å². The van der Waals surface area contributed by atoms with Crippen LogP contribution >= 0.6 is 22.6 Å². The number of hydrogen-bond acceptors (Lipinski definition) is 5. The number of carbonyl (C=O) groups is 2. The summed E-state index contributed by atoms with van der Waals surface area (Å²) < 4.78 is 33.1. The van der Waals surface area contributed by atoms with Gasteiger partial charge in [-0.25, -0.2) is 8.42 Å². The third-order valence-electron chi connectivity index (χ3n) is 6.24. The molecule has 40 heavy (non-hydrogen) atoms. The van der Waals surface area contributed by atoms with Crippen LogP contribution in [0.4, 0.5) is 5.69 Å². The molecule has 1 atom stereocenters. The fourth-order valence-electron chi connectivity index (χ4n) is 4.17. The first kappa shape index (κ1) is 31.4. The third kappa shape index (κ3) is 9.22. The number of nitrogens with zero attached hydrogens (tertiary/aromatic N) is 2. The van der Waals surface area contributed by atoms with Crippen LogP contribution in [-0.4, -0.2) is 57.6 Å². The zero-order chi connectivity index (χ0) is 29.3. The first-order valence-electron chi connectivity index (χ1n) is 12.9. The van der Waals surface area contributed by atoms with Gasteiger partial charge in [0.2, 0.25) is 21.8 Å². The van der Waals surface area contributed by atoms with Gasteiger partial charge in [-0.2, -0.15) is 0 Å². The maximum Gasteiger partial charge on any atom is 0.244 e. The number of nitrogens with one attached hydrogen (secondary N) is 1. The van der Waals surface area contributed by atoms with Gasteiger partial charge in [0.1, 0.15) is 18.3 Å². The molecule has 3 aromatic rings. The van der Waals surface area contributed by atoms with E-state index in [0.29, 0.717) is 18.0 Å². The average Bonchev–Trinajstić information content (AvgIpc) is 2.92. The molecule has 8 nitrogen and oxygen atoms in total. The van der Waals surface area contributed by atoms with Crippen molar-refractivity contribution in [1.29, 1.82) is 0 Å². The summed E-state index contributed by atoms with van der Waals surface area (Å²) in [6.45, 7) is 4.08. The second-order valence-corrected chi connectivity index (χ2v) is 13.1. The summed E-state index contributed by atoms with van der Waals surface area (Å²) in [6, 6.07) is 22.8. The molecule has 0 saturated heterocycles. The topological polar surface area (TPSA) is 96.0 Å². The molecule has 0 aliphatic carbocycles. The van der Waals surface area contributed by atoms with Crippen molar-refractivity contribution in [2.24, 2.45) is 5.92 Å². The normalized spacial score (nSPS) is 12.1. The Kier molecular flexibility index (Phi) is 11.4. The van der Waals surface area contributed by atoms with Crippen molar-refractivity contribution in [2.45, 2.75) is 32.9 Å². The number of rotatable bonds is 13. The molecule has 0 bridgehead atoms.